The maximum atomic E-state index is 13.3. The van der Waals surface area contributed by atoms with E-state index in [0.717, 1.165) is 11.1 Å². The molecule has 0 saturated heterocycles. The number of halogens is 1. The number of hydrogen-bond donors (Lipinski definition) is 1. The summed E-state index contributed by atoms with van der Waals surface area (Å²) in [6.07, 6.45) is 6.54. The van der Waals surface area contributed by atoms with Gasteiger partial charge < -0.3 is 4.98 Å². The van der Waals surface area contributed by atoms with Gasteiger partial charge in [-0.25, -0.2) is 9.37 Å². The minimum Gasteiger partial charge on any atom is -0.306 e. The molecule has 0 amide bonds. The highest BCUT2D eigenvalue weighted by molar-refractivity contribution is 5.81. The molecule has 3 heterocycles. The van der Waals surface area contributed by atoms with E-state index >= 15 is 0 Å². The molecule has 5 nitrogen and oxygen atoms in total. The van der Waals surface area contributed by atoms with Crippen LogP contribution >= 0.6 is 0 Å². The molecule has 1 aromatic carbocycles. The topological polar surface area (TPSA) is 71.5 Å². The van der Waals surface area contributed by atoms with Crippen LogP contribution in [0.25, 0.3) is 33.8 Å². The number of nitrogens with one attached hydrogen (secondary N) is 1. The van der Waals surface area contributed by atoms with Crippen LogP contribution in [0.2, 0.25) is 0 Å². The van der Waals surface area contributed by atoms with Gasteiger partial charge in [-0.3, -0.25) is 14.8 Å². The molecule has 4 rings (SSSR count). The number of pyridine rings is 2. The maximum absolute atomic E-state index is 13.3. The van der Waals surface area contributed by atoms with E-state index in [-0.39, 0.29) is 11.4 Å². The molecule has 0 spiro atoms. The Kier molecular flexibility index (Phi) is 4.07. The van der Waals surface area contributed by atoms with Gasteiger partial charge in [0.15, 0.2) is 0 Å². The third-order valence-corrected chi connectivity index (χ3v) is 3.96. The Hall–Kier alpha value is -3.67. The number of rotatable bonds is 3. The molecular formula is C20H13FN4O. The van der Waals surface area contributed by atoms with Crippen LogP contribution in [0, 0.1) is 5.82 Å². The van der Waals surface area contributed by atoms with Crippen molar-refractivity contribution in [3.8, 4) is 33.8 Å². The summed E-state index contributed by atoms with van der Waals surface area (Å²) in [5, 5.41) is 0. The van der Waals surface area contributed by atoms with E-state index in [4.69, 9.17) is 0 Å². The highest BCUT2D eigenvalue weighted by Crippen LogP contribution is 2.29. The van der Waals surface area contributed by atoms with Crippen molar-refractivity contribution in [1.29, 1.82) is 0 Å². The highest BCUT2D eigenvalue weighted by atomic mass is 19.1. The molecule has 126 valence electrons. The summed E-state index contributed by atoms with van der Waals surface area (Å²) in [7, 11) is 0. The summed E-state index contributed by atoms with van der Waals surface area (Å²) >= 11 is 0. The predicted molar refractivity (Wildman–Crippen MR) is 96.7 cm³/mol. The predicted octanol–water partition coefficient (Wildman–Crippen LogP) is 3.70. The van der Waals surface area contributed by atoms with Gasteiger partial charge in [-0.05, 0) is 42.0 Å². The van der Waals surface area contributed by atoms with Crippen LogP contribution < -0.4 is 5.56 Å². The molecular weight excluding hydrogens is 331 g/mol. The fraction of sp³-hybridized carbons (Fsp3) is 0. The zero-order valence-electron chi connectivity index (χ0n) is 13.6. The average Bonchev–Trinajstić information content (AvgIpc) is 2.70. The van der Waals surface area contributed by atoms with Crippen molar-refractivity contribution in [3.05, 3.63) is 89.5 Å². The summed E-state index contributed by atoms with van der Waals surface area (Å²) < 4.78 is 13.3. The quantitative estimate of drug-likeness (QED) is 0.615. The number of H-pyrrole nitrogens is 1. The Labute approximate surface area is 148 Å². The molecule has 0 unspecified atom stereocenters. The summed E-state index contributed by atoms with van der Waals surface area (Å²) in [6.45, 7) is 0. The molecule has 0 aliphatic carbocycles. The fourth-order valence-electron chi connectivity index (χ4n) is 2.72. The molecule has 26 heavy (non-hydrogen) atoms. The first-order chi connectivity index (χ1) is 12.7. The number of hydrogen-bond acceptors (Lipinski definition) is 4. The average molecular weight is 344 g/mol. The maximum Gasteiger partial charge on any atom is 0.259 e. The Bertz CT molecular complexity index is 1090. The molecule has 0 saturated carbocycles. The van der Waals surface area contributed by atoms with Crippen molar-refractivity contribution in [1.82, 2.24) is 19.9 Å². The van der Waals surface area contributed by atoms with Crippen molar-refractivity contribution >= 4 is 0 Å². The minimum atomic E-state index is -0.364. The van der Waals surface area contributed by atoms with E-state index in [1.165, 1.54) is 12.1 Å². The van der Waals surface area contributed by atoms with Crippen LogP contribution in [0.1, 0.15) is 0 Å². The smallest absolute Gasteiger partial charge is 0.259 e. The van der Waals surface area contributed by atoms with Crippen molar-refractivity contribution in [3.63, 3.8) is 0 Å². The SMILES string of the molecule is O=c1[nH]c(-c2ccncc2)nc(-c2ccncc2)c1-c1ccc(F)cc1. The first-order valence-corrected chi connectivity index (χ1v) is 7.93. The van der Waals surface area contributed by atoms with Crippen molar-refractivity contribution < 1.29 is 4.39 Å². The molecule has 3 aromatic heterocycles. The third kappa shape index (κ3) is 3.00. The molecule has 4 aromatic rings. The molecule has 6 heteroatoms. The van der Waals surface area contributed by atoms with Crippen molar-refractivity contribution in [2.45, 2.75) is 0 Å². The summed E-state index contributed by atoms with van der Waals surface area (Å²) in [4.78, 5) is 28.4. The minimum absolute atomic E-state index is 0.301. The lowest BCUT2D eigenvalue weighted by molar-refractivity contribution is 0.628. The summed E-state index contributed by atoms with van der Waals surface area (Å²) in [5.74, 6) is 0.0760. The molecule has 0 aliphatic rings. The highest BCUT2D eigenvalue weighted by Gasteiger charge is 2.16. The standard InChI is InChI=1S/C20H13FN4O/c21-16-3-1-13(2-4-16)17-18(14-5-9-22-10-6-14)24-19(25-20(17)26)15-7-11-23-12-8-15/h1-12H,(H,24,25,26). The lowest BCUT2D eigenvalue weighted by atomic mass is 10.0. The number of benzene rings is 1. The Morgan fingerprint density at radius 3 is 1.92 bits per heavy atom. The van der Waals surface area contributed by atoms with Crippen LogP contribution in [0.3, 0.4) is 0 Å². The first kappa shape index (κ1) is 15.8. The van der Waals surface area contributed by atoms with Gasteiger partial charge in [0, 0.05) is 35.9 Å². The van der Waals surface area contributed by atoms with E-state index < -0.39 is 0 Å². The van der Waals surface area contributed by atoms with E-state index in [1.54, 1.807) is 61.2 Å². The molecule has 1 N–H and O–H groups in total. The number of aromatic amines is 1. The lowest BCUT2D eigenvalue weighted by Crippen LogP contribution is -2.14. The van der Waals surface area contributed by atoms with Crippen LogP contribution in [0.15, 0.2) is 78.1 Å². The Balaban J connectivity index is 1.99. The van der Waals surface area contributed by atoms with Crippen LogP contribution in [0.5, 0.6) is 0 Å². The summed E-state index contributed by atoms with van der Waals surface area (Å²) in [5.41, 5.74) is 2.68. The monoisotopic (exact) mass is 344 g/mol. The molecule has 0 bridgehead atoms. The largest absolute Gasteiger partial charge is 0.306 e. The van der Waals surface area contributed by atoms with Gasteiger partial charge in [0.25, 0.3) is 5.56 Å². The van der Waals surface area contributed by atoms with Gasteiger partial charge in [0.05, 0.1) is 11.3 Å². The molecule has 0 aliphatic heterocycles. The normalized spacial score (nSPS) is 10.7. The van der Waals surface area contributed by atoms with Crippen molar-refractivity contribution in [2.24, 2.45) is 0 Å². The van der Waals surface area contributed by atoms with E-state index in [9.17, 15) is 9.18 Å². The Morgan fingerprint density at radius 2 is 1.31 bits per heavy atom. The second-order valence-corrected chi connectivity index (χ2v) is 5.62. The van der Waals surface area contributed by atoms with Gasteiger partial charge in [0.2, 0.25) is 0 Å². The first-order valence-electron chi connectivity index (χ1n) is 7.93. The summed E-state index contributed by atoms with van der Waals surface area (Å²) in [6, 6.07) is 12.9. The molecule has 0 fully saturated rings. The van der Waals surface area contributed by atoms with Crippen molar-refractivity contribution in [2.75, 3.05) is 0 Å². The van der Waals surface area contributed by atoms with Crippen LogP contribution in [-0.4, -0.2) is 19.9 Å². The van der Waals surface area contributed by atoms with E-state index in [2.05, 4.69) is 19.9 Å². The van der Waals surface area contributed by atoms with Gasteiger partial charge in [-0.2, -0.15) is 0 Å². The van der Waals surface area contributed by atoms with Crippen LogP contribution in [0.4, 0.5) is 4.39 Å². The van der Waals surface area contributed by atoms with E-state index in [0.29, 0.717) is 22.6 Å². The van der Waals surface area contributed by atoms with E-state index in [1.807, 2.05) is 0 Å². The van der Waals surface area contributed by atoms with Crippen LogP contribution in [-0.2, 0) is 0 Å². The molecule has 0 atom stereocenters. The number of aromatic nitrogens is 4. The van der Waals surface area contributed by atoms with Gasteiger partial charge in [-0.15, -0.1) is 0 Å². The molecule has 0 radical (unpaired) electrons. The van der Waals surface area contributed by atoms with Gasteiger partial charge in [0.1, 0.15) is 11.6 Å². The zero-order chi connectivity index (χ0) is 17.9. The third-order valence-electron chi connectivity index (χ3n) is 3.96. The Morgan fingerprint density at radius 1 is 0.731 bits per heavy atom. The lowest BCUT2D eigenvalue weighted by Gasteiger charge is -2.11. The second kappa shape index (κ2) is 6.68. The number of nitrogens with zero attached hydrogens (tertiary/aromatic N) is 3. The fourth-order valence-corrected chi connectivity index (χ4v) is 2.72. The zero-order valence-corrected chi connectivity index (χ0v) is 13.6. The second-order valence-electron chi connectivity index (χ2n) is 5.62. The van der Waals surface area contributed by atoms with Gasteiger partial charge >= 0.3 is 0 Å². The van der Waals surface area contributed by atoms with Gasteiger partial charge in [-0.1, -0.05) is 12.1 Å².